The number of nitrogens with one attached hydrogen (secondary N) is 1. The molecule has 0 saturated carbocycles. The Morgan fingerprint density at radius 1 is 1.35 bits per heavy atom. The van der Waals surface area contributed by atoms with Gasteiger partial charge in [0.15, 0.2) is 0 Å². The van der Waals surface area contributed by atoms with E-state index in [9.17, 15) is 13.2 Å². The molecule has 1 aromatic carbocycles. The molecule has 0 aliphatic heterocycles. The van der Waals surface area contributed by atoms with Crippen LogP contribution < -0.4 is 10.1 Å². The van der Waals surface area contributed by atoms with Crippen molar-refractivity contribution in [2.45, 2.75) is 17.7 Å². The largest absolute Gasteiger partial charge is 0.383 e. The Morgan fingerprint density at radius 2 is 2.15 bits per heavy atom. The van der Waals surface area contributed by atoms with Crippen molar-refractivity contribution in [3.8, 4) is 0 Å². The van der Waals surface area contributed by atoms with Crippen LogP contribution in [0.3, 0.4) is 0 Å². The molecule has 2 aromatic heterocycles. The minimum atomic E-state index is -3.77. The summed E-state index contributed by atoms with van der Waals surface area (Å²) in [5, 5.41) is 4.43. The Balaban J connectivity index is 2.16. The van der Waals surface area contributed by atoms with Crippen molar-refractivity contribution in [1.29, 1.82) is 0 Å². The van der Waals surface area contributed by atoms with Gasteiger partial charge in [-0.15, -0.1) is 15.7 Å². The van der Waals surface area contributed by atoms with Crippen molar-refractivity contribution >= 4 is 54.5 Å². The van der Waals surface area contributed by atoms with Crippen molar-refractivity contribution in [3.05, 3.63) is 40.5 Å². The molecule has 26 heavy (non-hydrogen) atoms. The average molecular weight is 412 g/mol. The van der Waals surface area contributed by atoms with Gasteiger partial charge >= 0.3 is 0 Å². The number of hydrogen-bond acceptors (Lipinski definition) is 6. The summed E-state index contributed by atoms with van der Waals surface area (Å²) >= 11 is 2.39. The number of aromatic nitrogens is 1. The molecule has 0 atom stereocenters. The summed E-state index contributed by atoms with van der Waals surface area (Å²) in [6.45, 7) is 2.33. The summed E-state index contributed by atoms with van der Waals surface area (Å²) in [6, 6.07) is 8.63. The number of sulfonamides is 1. The average Bonchev–Trinajstić information content (AvgIpc) is 3.20. The van der Waals surface area contributed by atoms with E-state index >= 15 is 0 Å². The fourth-order valence-corrected chi connectivity index (χ4v) is 5.65. The monoisotopic (exact) mass is 411 g/mol. The van der Waals surface area contributed by atoms with Gasteiger partial charge in [0.25, 0.3) is 10.0 Å². The number of amides is 1. The molecular weight excluding hydrogens is 394 g/mol. The second kappa shape index (κ2) is 7.70. The number of nitrogens with zero attached hydrogens (tertiary/aromatic N) is 2. The van der Waals surface area contributed by atoms with Gasteiger partial charge in [0.1, 0.15) is 4.21 Å². The number of rotatable bonds is 6. The normalized spacial score (nSPS) is 12.6. The highest BCUT2D eigenvalue weighted by atomic mass is 32.2. The number of methoxy groups -OCH3 is 1. The van der Waals surface area contributed by atoms with Crippen molar-refractivity contribution in [2.24, 2.45) is 4.40 Å². The lowest BCUT2D eigenvalue weighted by atomic mass is 10.3. The Bertz CT molecular complexity index is 1100. The Hall–Kier alpha value is -2.01. The molecule has 0 fully saturated rings. The lowest BCUT2D eigenvalue weighted by Crippen LogP contribution is -2.19. The number of fused-ring (bicyclic) bond motifs is 1. The lowest BCUT2D eigenvalue weighted by Gasteiger charge is -2.05. The zero-order chi connectivity index (χ0) is 18.7. The molecule has 0 spiro atoms. The summed E-state index contributed by atoms with van der Waals surface area (Å²) in [5.74, 6) is -0.168. The van der Waals surface area contributed by atoms with Crippen LogP contribution in [-0.2, 0) is 26.1 Å². The molecule has 2 heterocycles. The molecule has 0 aliphatic carbocycles. The zero-order valence-electron chi connectivity index (χ0n) is 14.1. The van der Waals surface area contributed by atoms with E-state index in [0.717, 1.165) is 21.6 Å². The molecule has 3 rings (SSSR count). The zero-order valence-corrected chi connectivity index (χ0v) is 16.6. The maximum absolute atomic E-state index is 12.5. The molecule has 10 heteroatoms. The minimum absolute atomic E-state index is 0.168. The fraction of sp³-hybridized carbons (Fsp3) is 0.250. The number of hydrogen-bond donors (Lipinski definition) is 1. The van der Waals surface area contributed by atoms with Gasteiger partial charge in [-0.25, -0.2) is 0 Å². The van der Waals surface area contributed by atoms with E-state index in [2.05, 4.69) is 9.71 Å². The van der Waals surface area contributed by atoms with Gasteiger partial charge in [-0.1, -0.05) is 17.4 Å². The van der Waals surface area contributed by atoms with Crippen LogP contribution in [0.25, 0.3) is 10.2 Å². The molecule has 7 nitrogen and oxygen atoms in total. The number of thiophene rings is 1. The topological polar surface area (TPSA) is 89.8 Å². The Labute approximate surface area is 158 Å². The van der Waals surface area contributed by atoms with Crippen molar-refractivity contribution in [3.63, 3.8) is 0 Å². The summed E-state index contributed by atoms with van der Waals surface area (Å²) in [7, 11) is -2.19. The first kappa shape index (κ1) is 18.8. The molecule has 138 valence electrons. The number of carbonyl (C=O) groups excluding carboxylic acids is 1. The Morgan fingerprint density at radius 3 is 2.81 bits per heavy atom. The Kier molecular flexibility index (Phi) is 5.56. The van der Waals surface area contributed by atoms with Crippen LogP contribution in [0.1, 0.15) is 6.92 Å². The van der Waals surface area contributed by atoms with E-state index in [1.165, 1.54) is 24.3 Å². The molecule has 1 N–H and O–H groups in total. The van der Waals surface area contributed by atoms with E-state index in [0.29, 0.717) is 23.6 Å². The second-order valence-corrected chi connectivity index (χ2v) is 9.18. The van der Waals surface area contributed by atoms with Crippen LogP contribution in [0.15, 0.2) is 44.3 Å². The van der Waals surface area contributed by atoms with E-state index in [4.69, 9.17) is 4.74 Å². The van der Waals surface area contributed by atoms with Gasteiger partial charge < -0.3 is 14.6 Å². The van der Waals surface area contributed by atoms with Gasteiger partial charge in [-0.2, -0.15) is 8.42 Å². The fourth-order valence-electron chi connectivity index (χ4n) is 2.38. The third kappa shape index (κ3) is 4.04. The first-order valence-corrected chi connectivity index (χ1v) is 10.8. The third-order valence-corrected chi connectivity index (χ3v) is 7.27. The van der Waals surface area contributed by atoms with Gasteiger partial charge in [-0.05, 0) is 29.6 Å². The third-order valence-electron chi connectivity index (χ3n) is 3.47. The standard InChI is InChI=1S/C16H17N3O4S3/c1-11(20)17-12-5-6-13-14(10-12)25-16(19(13)7-8-23-2)18-26(21,22)15-4-3-9-24-15/h3-6,9-10H,7-8H2,1-2H3,(H,17,20). The summed E-state index contributed by atoms with van der Waals surface area (Å²) in [5.41, 5.74) is 1.49. The summed E-state index contributed by atoms with van der Waals surface area (Å²) in [6.07, 6.45) is 0. The highest BCUT2D eigenvalue weighted by Crippen LogP contribution is 2.23. The van der Waals surface area contributed by atoms with Gasteiger partial charge in [0.2, 0.25) is 10.7 Å². The maximum atomic E-state index is 12.5. The van der Waals surface area contributed by atoms with E-state index in [-0.39, 0.29) is 10.1 Å². The van der Waals surface area contributed by atoms with Crippen LogP contribution in [0.2, 0.25) is 0 Å². The molecular formula is C16H17N3O4S3. The number of ether oxygens (including phenoxy) is 1. The SMILES string of the molecule is COCCn1c(=NS(=O)(=O)c2cccs2)sc2cc(NC(C)=O)ccc21. The van der Waals surface area contributed by atoms with Crippen LogP contribution in [-0.4, -0.2) is 32.6 Å². The molecule has 3 aromatic rings. The minimum Gasteiger partial charge on any atom is -0.383 e. The highest BCUT2D eigenvalue weighted by molar-refractivity contribution is 7.92. The van der Waals surface area contributed by atoms with Crippen LogP contribution >= 0.6 is 22.7 Å². The van der Waals surface area contributed by atoms with Gasteiger partial charge in [0.05, 0.1) is 16.8 Å². The van der Waals surface area contributed by atoms with Crippen LogP contribution in [0, 0.1) is 0 Å². The smallest absolute Gasteiger partial charge is 0.294 e. The molecule has 0 unspecified atom stereocenters. The van der Waals surface area contributed by atoms with E-state index in [1.54, 1.807) is 24.6 Å². The number of carbonyl (C=O) groups is 1. The van der Waals surface area contributed by atoms with Gasteiger partial charge in [0, 0.05) is 26.3 Å². The quantitative estimate of drug-likeness (QED) is 0.675. The molecule has 1 amide bonds. The second-order valence-electron chi connectivity index (χ2n) is 5.39. The van der Waals surface area contributed by atoms with Crippen molar-refractivity contribution in [1.82, 2.24) is 4.57 Å². The lowest BCUT2D eigenvalue weighted by molar-refractivity contribution is -0.114. The van der Waals surface area contributed by atoms with Gasteiger partial charge in [-0.3, -0.25) is 4.79 Å². The summed E-state index contributed by atoms with van der Waals surface area (Å²) in [4.78, 5) is 11.6. The van der Waals surface area contributed by atoms with E-state index < -0.39 is 10.0 Å². The molecule has 0 aliphatic rings. The first-order chi connectivity index (χ1) is 12.4. The molecule has 0 bridgehead atoms. The van der Waals surface area contributed by atoms with Crippen LogP contribution in [0.5, 0.6) is 0 Å². The van der Waals surface area contributed by atoms with E-state index in [1.807, 2.05) is 16.7 Å². The predicted octanol–water partition coefficient (Wildman–Crippen LogP) is 2.66. The summed E-state index contributed by atoms with van der Waals surface area (Å²) < 4.78 is 37.1. The maximum Gasteiger partial charge on any atom is 0.294 e. The number of anilines is 1. The number of thiazole rings is 1. The molecule has 0 saturated heterocycles. The highest BCUT2D eigenvalue weighted by Gasteiger charge is 2.16. The van der Waals surface area contributed by atoms with Crippen molar-refractivity contribution in [2.75, 3.05) is 19.0 Å². The number of benzene rings is 1. The van der Waals surface area contributed by atoms with Crippen molar-refractivity contribution < 1.29 is 17.9 Å². The predicted molar refractivity (Wildman–Crippen MR) is 103 cm³/mol. The molecule has 0 radical (unpaired) electrons. The first-order valence-electron chi connectivity index (χ1n) is 7.65. The van der Waals surface area contributed by atoms with Crippen LogP contribution in [0.4, 0.5) is 5.69 Å².